The highest BCUT2D eigenvalue weighted by Crippen LogP contribution is 2.31. The Kier molecular flexibility index (Phi) is 6.92. The third kappa shape index (κ3) is 5.85. The number of sulfone groups is 1. The zero-order valence-electron chi connectivity index (χ0n) is 20.3. The molecule has 37 heavy (non-hydrogen) atoms. The van der Waals surface area contributed by atoms with Crippen molar-refractivity contribution in [1.82, 2.24) is 25.1 Å². The number of aromatic nitrogens is 4. The van der Waals surface area contributed by atoms with Gasteiger partial charge in [0, 0.05) is 23.2 Å². The van der Waals surface area contributed by atoms with Crippen LogP contribution >= 0.6 is 0 Å². The largest absolute Gasteiger partial charge is 0.472 e. The van der Waals surface area contributed by atoms with E-state index in [0.29, 0.717) is 0 Å². The van der Waals surface area contributed by atoms with Crippen molar-refractivity contribution in [1.29, 1.82) is 0 Å². The van der Waals surface area contributed by atoms with Crippen LogP contribution in [0.2, 0.25) is 0 Å². The lowest BCUT2D eigenvalue weighted by Crippen LogP contribution is -2.50. The minimum absolute atomic E-state index is 0.0306. The molecular weight excluding hydrogens is 515 g/mol. The average Bonchev–Trinajstić information content (AvgIpc) is 3.20. The molecule has 1 saturated heterocycles. The summed E-state index contributed by atoms with van der Waals surface area (Å²) in [6, 6.07) is 2.53. The number of fused-ring (bicyclic) bond motifs is 1. The number of carbonyl (C=O) groups is 1. The maximum Gasteiger partial charge on any atom is 0.272 e. The molecule has 0 aromatic carbocycles. The fraction of sp³-hybridized carbons (Fsp3) is 0.478. The molecule has 0 atom stereocenters. The van der Waals surface area contributed by atoms with Crippen LogP contribution in [0.3, 0.4) is 0 Å². The highest BCUT2D eigenvalue weighted by atomic mass is 32.2. The summed E-state index contributed by atoms with van der Waals surface area (Å²) in [5.41, 5.74) is -2.15. The number of carbonyl (C=O) groups excluding carboxylic acids is 1. The Hall–Kier alpha value is -3.26. The van der Waals surface area contributed by atoms with E-state index >= 15 is 0 Å². The molecule has 4 heterocycles. The first-order valence-electron chi connectivity index (χ1n) is 11.4. The molecule has 200 valence electrons. The van der Waals surface area contributed by atoms with Gasteiger partial charge in [-0.1, -0.05) is 0 Å². The van der Waals surface area contributed by atoms with E-state index in [1.165, 1.54) is 26.1 Å². The number of rotatable bonds is 7. The third-order valence-electron chi connectivity index (χ3n) is 6.10. The van der Waals surface area contributed by atoms with E-state index in [4.69, 9.17) is 4.74 Å². The summed E-state index contributed by atoms with van der Waals surface area (Å²) in [6.07, 6.45) is -0.184. The van der Waals surface area contributed by atoms with Crippen molar-refractivity contribution in [3.63, 3.8) is 0 Å². The lowest BCUT2D eigenvalue weighted by Gasteiger charge is -2.34. The summed E-state index contributed by atoms with van der Waals surface area (Å²) < 4.78 is 69.3. The Morgan fingerprint density at radius 1 is 1.24 bits per heavy atom. The van der Waals surface area contributed by atoms with Crippen LogP contribution < -0.4 is 10.1 Å². The van der Waals surface area contributed by atoms with Crippen LogP contribution in [-0.2, 0) is 15.4 Å². The number of hydrogen-bond donors (Lipinski definition) is 2. The summed E-state index contributed by atoms with van der Waals surface area (Å²) >= 11 is 0. The lowest BCUT2D eigenvalue weighted by atomic mass is 9.94. The Bertz CT molecular complexity index is 1440. The summed E-state index contributed by atoms with van der Waals surface area (Å²) in [7, 11) is -3.13. The molecule has 0 spiro atoms. The average molecular weight is 542 g/mol. The molecule has 1 fully saturated rings. The van der Waals surface area contributed by atoms with E-state index in [1.54, 1.807) is 6.92 Å². The van der Waals surface area contributed by atoms with Crippen molar-refractivity contribution in [3.05, 3.63) is 41.6 Å². The van der Waals surface area contributed by atoms with Gasteiger partial charge < -0.3 is 15.2 Å². The van der Waals surface area contributed by atoms with Gasteiger partial charge in [-0.2, -0.15) is 5.10 Å². The van der Waals surface area contributed by atoms with Crippen molar-refractivity contribution in [2.24, 2.45) is 0 Å². The van der Waals surface area contributed by atoms with Crippen molar-refractivity contribution >= 4 is 26.8 Å². The first-order chi connectivity index (χ1) is 17.2. The van der Waals surface area contributed by atoms with Gasteiger partial charge in [0.2, 0.25) is 5.88 Å². The van der Waals surface area contributed by atoms with E-state index in [1.807, 2.05) is 0 Å². The minimum atomic E-state index is -3.13. The molecule has 1 aliphatic rings. The molecular formula is C23H26F3N5O5S. The van der Waals surface area contributed by atoms with Gasteiger partial charge in [-0.3, -0.25) is 4.79 Å². The topological polar surface area (TPSA) is 136 Å². The predicted molar refractivity (Wildman–Crippen MR) is 127 cm³/mol. The maximum absolute atomic E-state index is 14.7. The molecule has 1 amide bonds. The normalized spacial score (nSPS) is 17.2. The number of nitrogens with zero attached hydrogens (tertiary/aromatic N) is 4. The van der Waals surface area contributed by atoms with Gasteiger partial charge in [0.15, 0.2) is 18.1 Å². The molecule has 1 aliphatic heterocycles. The monoisotopic (exact) mass is 541 g/mol. The molecule has 0 radical (unpaired) electrons. The summed E-state index contributed by atoms with van der Waals surface area (Å²) in [4.78, 5) is 21.0. The van der Waals surface area contributed by atoms with Crippen LogP contribution in [0, 0.1) is 5.82 Å². The second-order valence-electron chi connectivity index (χ2n) is 9.76. The van der Waals surface area contributed by atoms with Crippen molar-refractivity contribution in [2.45, 2.75) is 51.2 Å². The number of amides is 1. The Morgan fingerprint density at radius 2 is 1.92 bits per heavy atom. The van der Waals surface area contributed by atoms with Gasteiger partial charge in [-0.25, -0.2) is 36.2 Å². The molecule has 0 saturated carbocycles. The van der Waals surface area contributed by atoms with Crippen LogP contribution in [0.15, 0.2) is 24.5 Å². The van der Waals surface area contributed by atoms with Crippen LogP contribution in [0.25, 0.3) is 16.7 Å². The van der Waals surface area contributed by atoms with E-state index in [9.17, 15) is 31.5 Å². The number of nitrogens with one attached hydrogen (secondary N) is 1. The summed E-state index contributed by atoms with van der Waals surface area (Å²) in [5.74, 6) is -1.67. The molecule has 0 bridgehead atoms. The molecule has 3 aromatic rings. The molecule has 3 aromatic heterocycles. The fourth-order valence-electron chi connectivity index (χ4n) is 4.00. The first-order valence-corrected chi connectivity index (χ1v) is 13.2. The van der Waals surface area contributed by atoms with Crippen molar-refractivity contribution < 1.29 is 36.2 Å². The van der Waals surface area contributed by atoms with Crippen LogP contribution in [0.5, 0.6) is 5.88 Å². The van der Waals surface area contributed by atoms with Crippen LogP contribution in [0.4, 0.5) is 13.2 Å². The minimum Gasteiger partial charge on any atom is -0.472 e. The number of ether oxygens (including phenoxy) is 1. The van der Waals surface area contributed by atoms with Gasteiger partial charge in [0.25, 0.3) is 12.3 Å². The molecule has 0 aliphatic carbocycles. The molecule has 2 N–H and O–H groups in total. The van der Waals surface area contributed by atoms with Gasteiger partial charge in [-0.05, 0) is 39.7 Å². The van der Waals surface area contributed by atoms with E-state index < -0.39 is 45.7 Å². The zero-order valence-corrected chi connectivity index (χ0v) is 21.1. The SMILES string of the molecule is CC1(NC(=O)c2cnc3c(c2)c(C(C)(C)O)nn3-c2cc(OCC(F)F)ncc2F)CCS(=O)(=O)CC1. The smallest absolute Gasteiger partial charge is 0.272 e. The highest BCUT2D eigenvalue weighted by Gasteiger charge is 2.35. The number of halogens is 3. The second-order valence-corrected chi connectivity index (χ2v) is 12.1. The zero-order chi connectivity index (χ0) is 27.2. The van der Waals surface area contributed by atoms with E-state index in [2.05, 4.69) is 20.4 Å². The van der Waals surface area contributed by atoms with Crippen molar-refractivity contribution in [3.8, 4) is 11.6 Å². The number of aliphatic hydroxyl groups is 1. The predicted octanol–water partition coefficient (Wildman–Crippen LogP) is 2.52. The lowest BCUT2D eigenvalue weighted by molar-refractivity contribution is 0.0747. The molecule has 0 unspecified atom stereocenters. The van der Waals surface area contributed by atoms with Gasteiger partial charge in [0.1, 0.15) is 26.8 Å². The Balaban J connectivity index is 1.73. The quantitative estimate of drug-likeness (QED) is 0.466. The summed E-state index contributed by atoms with van der Waals surface area (Å²) in [5, 5.41) is 18.2. The second kappa shape index (κ2) is 9.56. The van der Waals surface area contributed by atoms with Crippen LogP contribution in [0.1, 0.15) is 49.7 Å². The Labute approximate surface area is 210 Å². The maximum atomic E-state index is 14.7. The van der Waals surface area contributed by atoms with Gasteiger partial charge in [0.05, 0.1) is 23.3 Å². The standard InChI is InChI=1S/C23H26F3N5O5S/c1-22(2,33)19-14-8-13(21(32)29-23(3)4-6-37(34,35)7-5-23)10-28-20(14)31(30-19)16-9-18(27-11-15(16)24)36-12-17(25)26/h8-11,17,33H,4-7,12H2,1-3H3,(H,29,32). The molecule has 14 heteroatoms. The van der Waals surface area contributed by atoms with E-state index in [-0.39, 0.29) is 58.2 Å². The fourth-order valence-corrected chi connectivity index (χ4v) is 5.73. The van der Waals surface area contributed by atoms with Gasteiger partial charge in [-0.15, -0.1) is 0 Å². The number of hydrogen-bond acceptors (Lipinski definition) is 8. The van der Waals surface area contributed by atoms with Gasteiger partial charge >= 0.3 is 0 Å². The molecule has 4 rings (SSSR count). The van der Waals surface area contributed by atoms with E-state index in [0.717, 1.165) is 16.9 Å². The number of alkyl halides is 2. The molecule has 10 nitrogen and oxygen atoms in total. The summed E-state index contributed by atoms with van der Waals surface area (Å²) in [6.45, 7) is 3.74. The number of pyridine rings is 2. The Morgan fingerprint density at radius 3 is 2.54 bits per heavy atom. The highest BCUT2D eigenvalue weighted by molar-refractivity contribution is 7.91. The third-order valence-corrected chi connectivity index (χ3v) is 7.76. The van der Waals surface area contributed by atoms with Crippen LogP contribution in [-0.4, -0.2) is 69.3 Å². The first kappa shape index (κ1) is 26.8. The van der Waals surface area contributed by atoms with Crippen molar-refractivity contribution in [2.75, 3.05) is 18.1 Å².